The van der Waals surface area contributed by atoms with E-state index in [1.165, 1.54) is 5.56 Å². The number of nitrogens with zero attached hydrogens (tertiary/aromatic N) is 3. The van der Waals surface area contributed by atoms with Gasteiger partial charge in [-0.2, -0.15) is 5.10 Å². The highest BCUT2D eigenvalue weighted by atomic mass is 16.5. The van der Waals surface area contributed by atoms with Crippen molar-refractivity contribution in [1.82, 2.24) is 14.7 Å². The van der Waals surface area contributed by atoms with Gasteiger partial charge >= 0.3 is 0 Å². The Morgan fingerprint density at radius 1 is 1.03 bits per heavy atom. The number of ether oxygens (including phenoxy) is 3. The maximum Gasteiger partial charge on any atom is 0.161 e. The van der Waals surface area contributed by atoms with E-state index in [-0.39, 0.29) is 0 Å². The van der Waals surface area contributed by atoms with E-state index in [0.29, 0.717) is 26.2 Å². The summed E-state index contributed by atoms with van der Waals surface area (Å²) in [5.41, 5.74) is 1.55. The number of hydrogen-bond acceptors (Lipinski definition) is 6. The first-order chi connectivity index (χ1) is 16.5. The molecule has 0 bridgehead atoms. The minimum Gasteiger partial charge on any atom is -0.493 e. The molecule has 0 aliphatic carbocycles. The summed E-state index contributed by atoms with van der Waals surface area (Å²) in [6, 6.07) is 16.0. The quantitative estimate of drug-likeness (QED) is 0.487. The van der Waals surface area contributed by atoms with E-state index in [9.17, 15) is 5.11 Å². The first kappa shape index (κ1) is 24.1. The zero-order valence-electron chi connectivity index (χ0n) is 20.2. The number of hydrogen-bond donors (Lipinski definition) is 1. The van der Waals surface area contributed by atoms with Crippen LogP contribution in [0, 0.1) is 6.92 Å². The van der Waals surface area contributed by atoms with E-state index in [1.54, 1.807) is 13.3 Å². The van der Waals surface area contributed by atoms with E-state index in [1.807, 2.05) is 47.3 Å². The summed E-state index contributed by atoms with van der Waals surface area (Å²) >= 11 is 0. The molecule has 0 unspecified atom stereocenters. The molecule has 7 nitrogen and oxygen atoms in total. The highest BCUT2D eigenvalue weighted by molar-refractivity contribution is 5.43. The molecule has 2 aromatic carbocycles. The van der Waals surface area contributed by atoms with Crippen LogP contribution in [0.1, 0.15) is 30.4 Å². The summed E-state index contributed by atoms with van der Waals surface area (Å²) in [7, 11) is 1.66. The largest absolute Gasteiger partial charge is 0.493 e. The van der Waals surface area contributed by atoms with Crippen LogP contribution in [0.15, 0.2) is 60.9 Å². The average molecular weight is 466 g/mol. The first-order valence-electron chi connectivity index (χ1n) is 11.9. The van der Waals surface area contributed by atoms with Gasteiger partial charge in [0.05, 0.1) is 19.3 Å². The molecule has 0 spiro atoms. The number of benzene rings is 2. The standard InChI is InChI=1S/C27H35N3O4/c1-22-5-8-24(9-6-22)34-21-27(31)11-3-14-29(16-12-27)20-23-7-10-25(32-2)26(19-23)33-18-17-30-15-4-13-28-30/h4-10,13,15,19,31H,3,11-12,14,16-18,20-21H2,1-2H3/t27-/m0/s1. The van der Waals surface area contributed by atoms with Crippen molar-refractivity contribution in [2.75, 3.05) is 33.4 Å². The van der Waals surface area contributed by atoms with E-state index >= 15 is 0 Å². The molecule has 1 aliphatic heterocycles. The molecule has 4 rings (SSSR count). The van der Waals surface area contributed by atoms with Crippen molar-refractivity contribution >= 4 is 0 Å². The predicted octanol–water partition coefficient (Wildman–Crippen LogP) is 4.08. The van der Waals surface area contributed by atoms with Crippen molar-refractivity contribution in [2.24, 2.45) is 0 Å². The zero-order chi connectivity index (χ0) is 23.8. The van der Waals surface area contributed by atoms with Gasteiger partial charge in [0.1, 0.15) is 19.0 Å². The summed E-state index contributed by atoms with van der Waals surface area (Å²) in [5, 5.41) is 15.4. The van der Waals surface area contributed by atoms with Gasteiger partial charge in [0, 0.05) is 25.5 Å². The summed E-state index contributed by atoms with van der Waals surface area (Å²) < 4.78 is 19.3. The number of aliphatic hydroxyl groups is 1. The number of aromatic nitrogens is 2. The van der Waals surface area contributed by atoms with E-state index in [4.69, 9.17) is 14.2 Å². The highest BCUT2D eigenvalue weighted by Gasteiger charge is 2.31. The topological polar surface area (TPSA) is 69.0 Å². The molecule has 0 amide bonds. The lowest BCUT2D eigenvalue weighted by Crippen LogP contribution is -2.37. The second-order valence-corrected chi connectivity index (χ2v) is 9.06. The third kappa shape index (κ3) is 6.74. The van der Waals surface area contributed by atoms with Crippen molar-refractivity contribution in [3.05, 3.63) is 72.1 Å². The van der Waals surface area contributed by atoms with Gasteiger partial charge in [0.25, 0.3) is 0 Å². The molecular weight excluding hydrogens is 430 g/mol. The van der Waals surface area contributed by atoms with Crippen molar-refractivity contribution < 1.29 is 19.3 Å². The molecule has 182 valence electrons. The predicted molar refractivity (Wildman–Crippen MR) is 131 cm³/mol. The van der Waals surface area contributed by atoms with Gasteiger partial charge in [-0.1, -0.05) is 23.8 Å². The van der Waals surface area contributed by atoms with Crippen LogP contribution in [0.3, 0.4) is 0 Å². The lowest BCUT2D eigenvalue weighted by atomic mass is 9.96. The Bertz CT molecular complexity index is 1020. The van der Waals surface area contributed by atoms with Crippen LogP contribution in [0.4, 0.5) is 0 Å². The smallest absolute Gasteiger partial charge is 0.161 e. The van der Waals surface area contributed by atoms with Gasteiger partial charge in [-0.3, -0.25) is 9.58 Å². The summed E-state index contributed by atoms with van der Waals surface area (Å²) in [6.07, 6.45) is 6.03. The van der Waals surface area contributed by atoms with Crippen LogP contribution in [-0.2, 0) is 13.1 Å². The monoisotopic (exact) mass is 465 g/mol. The molecule has 1 aromatic heterocycles. The van der Waals surface area contributed by atoms with Gasteiger partial charge in [-0.05, 0) is 68.6 Å². The lowest BCUT2D eigenvalue weighted by molar-refractivity contribution is -0.0168. The average Bonchev–Trinajstić information content (AvgIpc) is 3.29. The van der Waals surface area contributed by atoms with Gasteiger partial charge in [-0.25, -0.2) is 0 Å². The number of likely N-dealkylation sites (tertiary alicyclic amines) is 1. The zero-order valence-corrected chi connectivity index (χ0v) is 20.2. The molecule has 3 aromatic rings. The number of aryl methyl sites for hydroxylation is 1. The van der Waals surface area contributed by atoms with Crippen molar-refractivity contribution in [1.29, 1.82) is 0 Å². The maximum absolute atomic E-state index is 11.1. The van der Waals surface area contributed by atoms with Crippen LogP contribution in [-0.4, -0.2) is 58.8 Å². The minimum absolute atomic E-state index is 0.320. The van der Waals surface area contributed by atoms with E-state index in [0.717, 1.165) is 55.3 Å². The van der Waals surface area contributed by atoms with Crippen LogP contribution in [0.5, 0.6) is 17.2 Å². The molecule has 1 atom stereocenters. The minimum atomic E-state index is -0.805. The van der Waals surface area contributed by atoms with Crippen molar-refractivity contribution in [3.63, 3.8) is 0 Å². The first-order valence-corrected chi connectivity index (χ1v) is 11.9. The molecule has 1 N–H and O–H groups in total. The third-order valence-corrected chi connectivity index (χ3v) is 6.31. The van der Waals surface area contributed by atoms with Gasteiger partial charge in [0.2, 0.25) is 0 Å². The molecule has 1 fully saturated rings. The second-order valence-electron chi connectivity index (χ2n) is 9.06. The van der Waals surface area contributed by atoms with Crippen molar-refractivity contribution in [3.8, 4) is 17.2 Å². The summed E-state index contributed by atoms with van der Waals surface area (Å²) in [6.45, 7) is 6.12. The molecule has 2 heterocycles. The molecule has 0 radical (unpaired) electrons. The van der Waals surface area contributed by atoms with Crippen LogP contribution in [0.2, 0.25) is 0 Å². The Kier molecular flexibility index (Phi) is 8.08. The Hall–Kier alpha value is -3.03. The van der Waals surface area contributed by atoms with Crippen LogP contribution < -0.4 is 14.2 Å². The van der Waals surface area contributed by atoms with E-state index < -0.39 is 5.60 Å². The molecule has 1 aliphatic rings. The number of methoxy groups -OCH3 is 1. The Balaban J connectivity index is 1.31. The fourth-order valence-corrected chi connectivity index (χ4v) is 4.26. The Labute approximate surface area is 201 Å². The summed E-state index contributed by atoms with van der Waals surface area (Å²) in [4.78, 5) is 2.39. The Morgan fingerprint density at radius 2 is 1.88 bits per heavy atom. The molecular formula is C27H35N3O4. The fraction of sp³-hybridized carbons (Fsp3) is 0.444. The highest BCUT2D eigenvalue weighted by Crippen LogP contribution is 2.30. The van der Waals surface area contributed by atoms with Gasteiger partial charge in [0.15, 0.2) is 11.5 Å². The van der Waals surface area contributed by atoms with Crippen molar-refractivity contribution in [2.45, 2.75) is 44.9 Å². The lowest BCUT2D eigenvalue weighted by Gasteiger charge is -2.27. The molecule has 0 saturated carbocycles. The molecule has 7 heteroatoms. The fourth-order valence-electron chi connectivity index (χ4n) is 4.26. The van der Waals surface area contributed by atoms with Crippen LogP contribution in [0.25, 0.3) is 0 Å². The number of rotatable bonds is 10. The molecule has 1 saturated heterocycles. The van der Waals surface area contributed by atoms with E-state index in [2.05, 4.69) is 29.1 Å². The van der Waals surface area contributed by atoms with Crippen LogP contribution >= 0.6 is 0 Å². The van der Waals surface area contributed by atoms with Gasteiger partial charge < -0.3 is 19.3 Å². The molecule has 34 heavy (non-hydrogen) atoms. The SMILES string of the molecule is COc1ccc(CN2CCC[C@@](O)(COc3ccc(C)cc3)CC2)cc1OCCn1cccn1. The third-order valence-electron chi connectivity index (χ3n) is 6.31. The second kappa shape index (κ2) is 11.4. The normalized spacial score (nSPS) is 18.9. The van der Waals surface area contributed by atoms with Gasteiger partial charge in [-0.15, -0.1) is 0 Å². The Morgan fingerprint density at radius 3 is 2.65 bits per heavy atom. The summed E-state index contributed by atoms with van der Waals surface area (Å²) in [5.74, 6) is 2.27. The maximum atomic E-state index is 11.1.